The highest BCUT2D eigenvalue weighted by Crippen LogP contribution is 2.26. The van der Waals surface area contributed by atoms with Gasteiger partial charge in [-0.15, -0.1) is 0 Å². The van der Waals surface area contributed by atoms with Crippen molar-refractivity contribution in [2.75, 3.05) is 11.4 Å². The first-order chi connectivity index (χ1) is 9.58. The average molecular weight is 277 g/mol. The molecule has 1 aliphatic carbocycles. The number of aromatic carboxylic acids is 1. The molecule has 1 heterocycles. The van der Waals surface area contributed by atoms with E-state index in [1.807, 2.05) is 0 Å². The summed E-state index contributed by atoms with van der Waals surface area (Å²) in [5.41, 5.74) is 0.143. The monoisotopic (exact) mass is 277 g/mol. The van der Waals surface area contributed by atoms with Crippen molar-refractivity contribution in [1.29, 1.82) is 0 Å². The average Bonchev–Trinajstić information content (AvgIpc) is 2.93. The number of hydrogen-bond donors (Lipinski definition) is 1. The minimum Gasteiger partial charge on any atom is -0.478 e. The zero-order valence-corrected chi connectivity index (χ0v) is 12.2. The maximum absolute atomic E-state index is 10.9. The molecular formula is C15H23N3O2. The molecule has 5 heteroatoms. The number of rotatable bonds is 6. The van der Waals surface area contributed by atoms with E-state index in [0.29, 0.717) is 17.9 Å². The molecule has 1 aromatic heterocycles. The molecule has 20 heavy (non-hydrogen) atoms. The molecule has 0 radical (unpaired) electrons. The highest BCUT2D eigenvalue weighted by Gasteiger charge is 2.24. The predicted octanol–water partition coefficient (Wildman–Crippen LogP) is 2.97. The molecule has 2 rings (SSSR count). The van der Waals surface area contributed by atoms with Crippen LogP contribution in [0.2, 0.25) is 0 Å². The van der Waals surface area contributed by atoms with Crippen LogP contribution in [0.1, 0.15) is 56.3 Å². The summed E-state index contributed by atoms with van der Waals surface area (Å²) >= 11 is 0. The van der Waals surface area contributed by atoms with Gasteiger partial charge in [0, 0.05) is 25.0 Å². The number of anilines is 1. The highest BCUT2D eigenvalue weighted by atomic mass is 16.4. The van der Waals surface area contributed by atoms with Gasteiger partial charge in [0.1, 0.15) is 0 Å². The Balaban J connectivity index is 2.13. The van der Waals surface area contributed by atoms with Gasteiger partial charge >= 0.3 is 5.97 Å². The summed E-state index contributed by atoms with van der Waals surface area (Å²) in [5, 5.41) is 8.91. The van der Waals surface area contributed by atoms with Crippen molar-refractivity contribution in [1.82, 2.24) is 9.97 Å². The van der Waals surface area contributed by atoms with E-state index in [1.165, 1.54) is 38.1 Å². The second kappa shape index (κ2) is 6.68. The summed E-state index contributed by atoms with van der Waals surface area (Å²) < 4.78 is 0. The molecule has 1 aliphatic rings. The second-order valence-electron chi connectivity index (χ2n) is 5.89. The quantitative estimate of drug-likeness (QED) is 0.866. The van der Waals surface area contributed by atoms with Crippen LogP contribution in [0.5, 0.6) is 0 Å². The van der Waals surface area contributed by atoms with E-state index >= 15 is 0 Å². The third-order valence-electron chi connectivity index (χ3n) is 3.85. The van der Waals surface area contributed by atoms with Gasteiger partial charge in [0.25, 0.3) is 0 Å². The van der Waals surface area contributed by atoms with Crippen molar-refractivity contribution in [3.05, 3.63) is 18.0 Å². The fraction of sp³-hybridized carbons (Fsp3) is 0.667. The molecule has 1 fully saturated rings. The number of nitrogens with zero attached hydrogens (tertiary/aromatic N) is 3. The van der Waals surface area contributed by atoms with E-state index in [9.17, 15) is 4.79 Å². The standard InChI is InChI=1S/C15H23N3O2/c1-11(2)7-8-18(13-5-3-4-6-13)15-16-9-12(10-17-15)14(19)20/h9-11,13H,3-8H2,1-2H3,(H,19,20). The van der Waals surface area contributed by atoms with Crippen LogP contribution in [0.3, 0.4) is 0 Å². The van der Waals surface area contributed by atoms with Crippen LogP contribution < -0.4 is 4.90 Å². The van der Waals surface area contributed by atoms with Crippen molar-refractivity contribution in [3.63, 3.8) is 0 Å². The van der Waals surface area contributed by atoms with Crippen LogP contribution in [0, 0.1) is 5.92 Å². The van der Waals surface area contributed by atoms with Gasteiger partial charge in [0.15, 0.2) is 0 Å². The zero-order chi connectivity index (χ0) is 14.5. The van der Waals surface area contributed by atoms with Crippen LogP contribution in [0.25, 0.3) is 0 Å². The van der Waals surface area contributed by atoms with Crippen molar-refractivity contribution in [3.8, 4) is 0 Å². The number of carboxylic acids is 1. The molecule has 0 aromatic carbocycles. The third-order valence-corrected chi connectivity index (χ3v) is 3.85. The lowest BCUT2D eigenvalue weighted by Crippen LogP contribution is -2.36. The van der Waals surface area contributed by atoms with E-state index in [4.69, 9.17) is 5.11 Å². The molecule has 0 amide bonds. The Morgan fingerprint density at radius 2 is 1.95 bits per heavy atom. The highest BCUT2D eigenvalue weighted by molar-refractivity contribution is 5.86. The summed E-state index contributed by atoms with van der Waals surface area (Å²) in [7, 11) is 0. The Hall–Kier alpha value is -1.65. The predicted molar refractivity (Wildman–Crippen MR) is 78.0 cm³/mol. The van der Waals surface area contributed by atoms with Crippen LogP contribution >= 0.6 is 0 Å². The van der Waals surface area contributed by atoms with Crippen LogP contribution in [-0.4, -0.2) is 33.6 Å². The van der Waals surface area contributed by atoms with E-state index in [-0.39, 0.29) is 5.56 Å². The first-order valence-electron chi connectivity index (χ1n) is 7.40. The number of carbonyl (C=O) groups is 1. The van der Waals surface area contributed by atoms with Gasteiger partial charge < -0.3 is 10.0 Å². The van der Waals surface area contributed by atoms with Gasteiger partial charge in [-0.2, -0.15) is 0 Å². The van der Waals surface area contributed by atoms with Crippen molar-refractivity contribution in [2.24, 2.45) is 5.92 Å². The van der Waals surface area contributed by atoms with Crippen LogP contribution in [-0.2, 0) is 0 Å². The lowest BCUT2D eigenvalue weighted by atomic mass is 10.1. The lowest BCUT2D eigenvalue weighted by Gasteiger charge is -2.29. The first kappa shape index (κ1) is 14.8. The normalized spacial score (nSPS) is 15.8. The maximum Gasteiger partial charge on any atom is 0.338 e. The summed E-state index contributed by atoms with van der Waals surface area (Å²) in [6.07, 6.45) is 8.79. The minimum atomic E-state index is -0.980. The maximum atomic E-state index is 10.9. The molecule has 110 valence electrons. The second-order valence-corrected chi connectivity index (χ2v) is 5.89. The van der Waals surface area contributed by atoms with Gasteiger partial charge in [-0.1, -0.05) is 26.7 Å². The smallest absolute Gasteiger partial charge is 0.338 e. The van der Waals surface area contributed by atoms with E-state index < -0.39 is 5.97 Å². The molecule has 0 aliphatic heterocycles. The molecular weight excluding hydrogens is 254 g/mol. The number of aromatic nitrogens is 2. The summed E-state index contributed by atoms with van der Waals surface area (Å²) in [5.74, 6) is 0.325. The number of hydrogen-bond acceptors (Lipinski definition) is 4. The summed E-state index contributed by atoms with van der Waals surface area (Å²) in [4.78, 5) is 21.6. The van der Waals surface area contributed by atoms with Gasteiger partial charge in [-0.3, -0.25) is 0 Å². The molecule has 0 saturated heterocycles. The molecule has 0 unspecified atom stereocenters. The SMILES string of the molecule is CC(C)CCN(c1ncc(C(=O)O)cn1)C1CCCC1. The Bertz CT molecular complexity index is 439. The van der Waals surface area contributed by atoms with Crippen LogP contribution in [0.4, 0.5) is 5.95 Å². The van der Waals surface area contributed by atoms with Crippen molar-refractivity contribution in [2.45, 2.75) is 52.0 Å². The fourth-order valence-corrected chi connectivity index (χ4v) is 2.64. The van der Waals surface area contributed by atoms with Gasteiger partial charge in [-0.25, -0.2) is 14.8 Å². The van der Waals surface area contributed by atoms with E-state index in [1.54, 1.807) is 0 Å². The van der Waals surface area contributed by atoms with Gasteiger partial charge in [0.05, 0.1) is 5.56 Å². The Labute approximate surface area is 120 Å². The Kier molecular flexibility index (Phi) is 4.93. The lowest BCUT2D eigenvalue weighted by molar-refractivity contribution is 0.0696. The summed E-state index contributed by atoms with van der Waals surface area (Å²) in [6.45, 7) is 5.36. The Morgan fingerprint density at radius 3 is 2.45 bits per heavy atom. The number of carboxylic acid groups (broad SMARTS) is 1. The summed E-state index contributed by atoms with van der Waals surface area (Å²) in [6, 6.07) is 0.504. The van der Waals surface area contributed by atoms with E-state index in [2.05, 4.69) is 28.7 Å². The van der Waals surface area contributed by atoms with Gasteiger partial charge in [-0.05, 0) is 25.2 Å². The minimum absolute atomic E-state index is 0.143. The molecule has 1 N–H and O–H groups in total. The largest absolute Gasteiger partial charge is 0.478 e. The molecule has 5 nitrogen and oxygen atoms in total. The first-order valence-corrected chi connectivity index (χ1v) is 7.40. The Morgan fingerprint density at radius 1 is 1.35 bits per heavy atom. The molecule has 0 spiro atoms. The van der Waals surface area contributed by atoms with Crippen molar-refractivity contribution >= 4 is 11.9 Å². The topological polar surface area (TPSA) is 66.3 Å². The molecule has 1 aromatic rings. The molecule has 0 atom stereocenters. The third kappa shape index (κ3) is 3.68. The zero-order valence-electron chi connectivity index (χ0n) is 12.2. The van der Waals surface area contributed by atoms with Crippen LogP contribution in [0.15, 0.2) is 12.4 Å². The fourth-order valence-electron chi connectivity index (χ4n) is 2.64. The van der Waals surface area contributed by atoms with E-state index in [0.717, 1.165) is 13.0 Å². The molecule has 0 bridgehead atoms. The van der Waals surface area contributed by atoms with Gasteiger partial charge in [0.2, 0.25) is 5.95 Å². The molecule has 1 saturated carbocycles. The van der Waals surface area contributed by atoms with Crippen molar-refractivity contribution < 1.29 is 9.90 Å².